The summed E-state index contributed by atoms with van der Waals surface area (Å²) in [6.45, 7) is 9.79. The lowest BCUT2D eigenvalue weighted by Gasteiger charge is -2.34. The first kappa shape index (κ1) is 19.8. The van der Waals surface area contributed by atoms with Crippen LogP contribution in [-0.2, 0) is 19.1 Å². The molecule has 0 bridgehead atoms. The fourth-order valence-corrected chi connectivity index (χ4v) is 3.45. The highest BCUT2D eigenvalue weighted by Crippen LogP contribution is 2.41. The van der Waals surface area contributed by atoms with Crippen LogP contribution in [0.15, 0.2) is 52.9 Å². The molecular weight excluding hydrogens is 330 g/mol. The molecule has 5 nitrogen and oxygen atoms in total. The van der Waals surface area contributed by atoms with Crippen LogP contribution in [0.1, 0.15) is 46.1 Å². The zero-order chi connectivity index (χ0) is 19.3. The Bertz CT molecular complexity index is 694. The molecule has 0 amide bonds. The van der Waals surface area contributed by atoms with E-state index in [-0.39, 0.29) is 19.1 Å². The first-order valence-corrected chi connectivity index (χ1v) is 9.00. The molecule has 0 aromatic heterocycles. The van der Waals surface area contributed by atoms with Gasteiger partial charge >= 0.3 is 11.9 Å². The summed E-state index contributed by atoms with van der Waals surface area (Å²) in [7, 11) is 0. The van der Waals surface area contributed by atoms with E-state index in [0.717, 1.165) is 5.56 Å². The number of carbonyl (C=O) groups excluding carboxylic acids is 2. The second kappa shape index (κ2) is 8.70. The van der Waals surface area contributed by atoms with E-state index in [0.29, 0.717) is 22.5 Å². The van der Waals surface area contributed by atoms with Crippen molar-refractivity contribution in [2.45, 2.75) is 40.5 Å². The van der Waals surface area contributed by atoms with Crippen molar-refractivity contribution < 1.29 is 19.1 Å². The van der Waals surface area contributed by atoms with Crippen molar-refractivity contribution in [2.75, 3.05) is 13.2 Å². The van der Waals surface area contributed by atoms with E-state index >= 15 is 0 Å². The number of hydrogen-bond acceptors (Lipinski definition) is 5. The van der Waals surface area contributed by atoms with Crippen LogP contribution in [0, 0.1) is 5.92 Å². The molecule has 1 aliphatic heterocycles. The maximum absolute atomic E-state index is 12.7. The Morgan fingerprint density at radius 3 is 1.85 bits per heavy atom. The van der Waals surface area contributed by atoms with E-state index in [2.05, 4.69) is 5.32 Å². The van der Waals surface area contributed by atoms with Crippen LogP contribution in [0.4, 0.5) is 0 Å². The van der Waals surface area contributed by atoms with Gasteiger partial charge in [0.05, 0.1) is 24.4 Å². The Balaban J connectivity index is 2.58. The molecule has 2 rings (SSSR count). The van der Waals surface area contributed by atoms with E-state index < -0.39 is 17.9 Å². The minimum absolute atomic E-state index is 0.0954. The van der Waals surface area contributed by atoms with Gasteiger partial charge in [0.1, 0.15) is 0 Å². The summed E-state index contributed by atoms with van der Waals surface area (Å²) in [5.74, 6) is -1.34. The molecule has 0 spiro atoms. The van der Waals surface area contributed by atoms with E-state index in [9.17, 15) is 9.59 Å². The zero-order valence-corrected chi connectivity index (χ0v) is 16.1. The van der Waals surface area contributed by atoms with Crippen LogP contribution in [0.2, 0.25) is 0 Å². The highest BCUT2D eigenvalue weighted by molar-refractivity contribution is 5.98. The highest BCUT2D eigenvalue weighted by Gasteiger charge is 2.40. The number of hydrogen-bond donors (Lipinski definition) is 1. The van der Waals surface area contributed by atoms with Crippen molar-refractivity contribution in [1.82, 2.24) is 5.32 Å². The number of allylic oxidation sites excluding steroid dienone is 2. The molecule has 1 atom stereocenters. The lowest BCUT2D eigenvalue weighted by atomic mass is 9.74. The van der Waals surface area contributed by atoms with E-state index in [1.54, 1.807) is 13.8 Å². The molecule has 0 unspecified atom stereocenters. The Morgan fingerprint density at radius 2 is 1.42 bits per heavy atom. The van der Waals surface area contributed by atoms with Gasteiger partial charge < -0.3 is 14.8 Å². The summed E-state index contributed by atoms with van der Waals surface area (Å²) in [5, 5.41) is 3.15. The molecule has 0 fully saturated rings. The molecule has 0 radical (unpaired) electrons. The third-order valence-electron chi connectivity index (χ3n) is 4.62. The van der Waals surface area contributed by atoms with Crippen LogP contribution in [0.3, 0.4) is 0 Å². The number of esters is 2. The molecule has 0 saturated carbocycles. The van der Waals surface area contributed by atoms with E-state index in [1.807, 2.05) is 51.1 Å². The summed E-state index contributed by atoms with van der Waals surface area (Å²) < 4.78 is 10.6. The third-order valence-corrected chi connectivity index (χ3v) is 4.62. The van der Waals surface area contributed by atoms with Gasteiger partial charge in [0.2, 0.25) is 0 Å². The Morgan fingerprint density at radius 1 is 0.962 bits per heavy atom. The van der Waals surface area contributed by atoms with Crippen molar-refractivity contribution in [3.63, 3.8) is 0 Å². The molecule has 1 N–H and O–H groups in total. The SMILES string of the molecule is CCOC(=O)C1=C(C)NC(C)=C(C(=O)OCC)C1[C@H](C)c1ccccc1. The molecule has 5 heteroatoms. The van der Waals surface area contributed by atoms with Crippen molar-refractivity contribution >= 4 is 11.9 Å². The van der Waals surface area contributed by atoms with Crippen LogP contribution in [0.25, 0.3) is 0 Å². The number of benzene rings is 1. The Hall–Kier alpha value is -2.56. The summed E-state index contributed by atoms with van der Waals surface area (Å²) in [6.07, 6.45) is 0. The predicted octanol–water partition coefficient (Wildman–Crippen LogP) is 3.68. The zero-order valence-electron chi connectivity index (χ0n) is 16.1. The summed E-state index contributed by atoms with van der Waals surface area (Å²) in [4.78, 5) is 25.4. The van der Waals surface area contributed by atoms with Gasteiger partial charge in [0, 0.05) is 17.3 Å². The highest BCUT2D eigenvalue weighted by atomic mass is 16.5. The minimum atomic E-state index is -0.434. The van der Waals surface area contributed by atoms with E-state index in [1.165, 1.54) is 0 Å². The van der Waals surface area contributed by atoms with Crippen molar-refractivity contribution in [3.05, 3.63) is 58.4 Å². The first-order chi connectivity index (χ1) is 12.4. The molecule has 140 valence electrons. The van der Waals surface area contributed by atoms with Gasteiger partial charge in [0.15, 0.2) is 0 Å². The fourth-order valence-electron chi connectivity index (χ4n) is 3.45. The maximum atomic E-state index is 12.7. The maximum Gasteiger partial charge on any atom is 0.336 e. The first-order valence-electron chi connectivity index (χ1n) is 9.00. The smallest absolute Gasteiger partial charge is 0.336 e. The monoisotopic (exact) mass is 357 g/mol. The van der Waals surface area contributed by atoms with Crippen molar-refractivity contribution in [3.8, 4) is 0 Å². The van der Waals surface area contributed by atoms with Gasteiger partial charge in [-0.15, -0.1) is 0 Å². The lowest BCUT2D eigenvalue weighted by Crippen LogP contribution is -2.36. The van der Waals surface area contributed by atoms with Gasteiger partial charge in [-0.05, 0) is 39.2 Å². The van der Waals surface area contributed by atoms with Gasteiger partial charge in [-0.3, -0.25) is 0 Å². The van der Waals surface area contributed by atoms with Crippen molar-refractivity contribution in [1.29, 1.82) is 0 Å². The molecular formula is C21H27NO4. The predicted molar refractivity (Wildman–Crippen MR) is 100 cm³/mol. The van der Waals surface area contributed by atoms with Gasteiger partial charge in [-0.2, -0.15) is 0 Å². The average molecular weight is 357 g/mol. The number of ether oxygens (including phenoxy) is 2. The van der Waals surface area contributed by atoms with Crippen LogP contribution < -0.4 is 5.32 Å². The second-order valence-corrected chi connectivity index (χ2v) is 6.32. The molecule has 1 aromatic carbocycles. The molecule has 1 heterocycles. The number of rotatable bonds is 6. The minimum Gasteiger partial charge on any atom is -0.463 e. The standard InChI is InChI=1S/C21H27NO4/c1-6-25-20(23)18-14(4)22-15(5)19(21(24)26-7-2)17(18)13(3)16-11-9-8-10-12-16/h8-13,17,22H,6-7H2,1-5H3/t13-/m1/s1. The molecule has 0 saturated heterocycles. The van der Waals surface area contributed by atoms with Crippen LogP contribution in [0.5, 0.6) is 0 Å². The summed E-state index contributed by atoms with van der Waals surface area (Å²) in [6, 6.07) is 9.85. The van der Waals surface area contributed by atoms with Crippen LogP contribution in [-0.4, -0.2) is 25.2 Å². The van der Waals surface area contributed by atoms with Gasteiger partial charge in [-0.1, -0.05) is 37.3 Å². The molecule has 1 aromatic rings. The van der Waals surface area contributed by atoms with E-state index in [4.69, 9.17) is 9.47 Å². The Kier molecular flexibility index (Phi) is 6.61. The molecule has 26 heavy (non-hydrogen) atoms. The van der Waals surface area contributed by atoms with Gasteiger partial charge in [-0.25, -0.2) is 9.59 Å². The summed E-state index contributed by atoms with van der Waals surface area (Å²) >= 11 is 0. The summed E-state index contributed by atoms with van der Waals surface area (Å²) in [5.41, 5.74) is 3.43. The number of nitrogens with one attached hydrogen (secondary N) is 1. The normalized spacial score (nSPS) is 16.2. The second-order valence-electron chi connectivity index (χ2n) is 6.32. The van der Waals surface area contributed by atoms with Crippen molar-refractivity contribution in [2.24, 2.45) is 5.92 Å². The molecule has 0 aliphatic carbocycles. The largest absolute Gasteiger partial charge is 0.463 e. The number of carbonyl (C=O) groups is 2. The lowest BCUT2D eigenvalue weighted by molar-refractivity contribution is -0.140. The molecule has 1 aliphatic rings. The number of dihydropyridines is 1. The topological polar surface area (TPSA) is 64.6 Å². The fraction of sp³-hybridized carbons (Fsp3) is 0.429. The quantitative estimate of drug-likeness (QED) is 0.787. The Labute approximate surface area is 155 Å². The van der Waals surface area contributed by atoms with Crippen LogP contribution >= 0.6 is 0 Å². The van der Waals surface area contributed by atoms with Gasteiger partial charge in [0.25, 0.3) is 0 Å². The third kappa shape index (κ3) is 3.98. The average Bonchev–Trinajstić information content (AvgIpc) is 2.61.